The van der Waals surface area contributed by atoms with Crippen LogP contribution in [0.5, 0.6) is 0 Å². The third-order valence-electron chi connectivity index (χ3n) is 4.44. The lowest BCUT2D eigenvalue weighted by molar-refractivity contribution is 0.0827. The van der Waals surface area contributed by atoms with Crippen LogP contribution in [0, 0.1) is 6.92 Å². The number of carbonyl (C=O) groups excluding carboxylic acids is 2. The van der Waals surface area contributed by atoms with Crippen LogP contribution in [-0.4, -0.2) is 53.4 Å². The Morgan fingerprint density at radius 1 is 1.30 bits per heavy atom. The average molecular weight is 371 g/mol. The maximum absolute atomic E-state index is 12.3. The third kappa shape index (κ3) is 4.85. The Balaban J connectivity index is 1.60. The zero-order chi connectivity index (χ0) is 19.4. The number of anilines is 2. The van der Waals surface area contributed by atoms with Crippen LogP contribution in [0.3, 0.4) is 0 Å². The van der Waals surface area contributed by atoms with Crippen molar-refractivity contribution in [3.8, 4) is 0 Å². The van der Waals surface area contributed by atoms with Gasteiger partial charge in [0.05, 0.1) is 24.5 Å². The van der Waals surface area contributed by atoms with Crippen molar-refractivity contribution in [1.29, 1.82) is 0 Å². The fourth-order valence-electron chi connectivity index (χ4n) is 2.99. The molecule has 2 N–H and O–H groups in total. The minimum Gasteiger partial charge on any atom is -0.376 e. The summed E-state index contributed by atoms with van der Waals surface area (Å²) in [6.45, 7) is 3.34. The summed E-state index contributed by atoms with van der Waals surface area (Å²) in [7, 11) is 3.39. The number of hydrogen-bond donors (Lipinski definition) is 2. The predicted molar refractivity (Wildman–Crippen MR) is 103 cm³/mol. The maximum Gasteiger partial charge on any atom is 0.323 e. The van der Waals surface area contributed by atoms with Crippen molar-refractivity contribution >= 4 is 23.3 Å². The average Bonchev–Trinajstić information content (AvgIpc) is 3.28. The van der Waals surface area contributed by atoms with Crippen molar-refractivity contribution in [2.75, 3.05) is 31.3 Å². The van der Waals surface area contributed by atoms with Crippen molar-refractivity contribution in [2.24, 2.45) is 0 Å². The Kier molecular flexibility index (Phi) is 5.75. The lowest BCUT2D eigenvalue weighted by Gasteiger charge is -2.14. The molecule has 8 heteroatoms. The first-order valence-electron chi connectivity index (χ1n) is 8.97. The molecule has 1 saturated heterocycles. The molecule has 0 radical (unpaired) electrons. The molecule has 1 aromatic heterocycles. The summed E-state index contributed by atoms with van der Waals surface area (Å²) in [5.74, 6) is -0.105. The van der Waals surface area contributed by atoms with E-state index in [0.29, 0.717) is 23.5 Å². The van der Waals surface area contributed by atoms with Gasteiger partial charge in [0.1, 0.15) is 0 Å². The number of ether oxygens (including phenoxy) is 1. The van der Waals surface area contributed by atoms with E-state index in [4.69, 9.17) is 4.74 Å². The number of hydrogen-bond acceptors (Lipinski definition) is 4. The first-order valence-corrected chi connectivity index (χ1v) is 8.97. The molecule has 144 valence electrons. The molecule has 2 heterocycles. The Hall–Kier alpha value is -2.87. The lowest BCUT2D eigenvalue weighted by Crippen LogP contribution is -2.23. The summed E-state index contributed by atoms with van der Waals surface area (Å²) < 4.78 is 7.36. The SMILES string of the molecule is Cc1ccc(NC(=O)Nc2cnn(CC3CCCO3)c2)cc1C(=O)N(C)C. The van der Waals surface area contributed by atoms with Crippen LogP contribution in [0.25, 0.3) is 0 Å². The van der Waals surface area contributed by atoms with E-state index in [0.717, 1.165) is 25.0 Å². The summed E-state index contributed by atoms with van der Waals surface area (Å²) in [6, 6.07) is 4.87. The van der Waals surface area contributed by atoms with Gasteiger partial charge in [0, 0.05) is 38.1 Å². The number of nitrogens with one attached hydrogen (secondary N) is 2. The second-order valence-electron chi connectivity index (χ2n) is 6.89. The van der Waals surface area contributed by atoms with Crippen LogP contribution in [-0.2, 0) is 11.3 Å². The van der Waals surface area contributed by atoms with E-state index in [1.54, 1.807) is 43.3 Å². The van der Waals surface area contributed by atoms with Crippen LogP contribution in [0.1, 0.15) is 28.8 Å². The molecule has 1 aliphatic rings. The van der Waals surface area contributed by atoms with Gasteiger partial charge < -0.3 is 20.3 Å². The van der Waals surface area contributed by atoms with E-state index in [-0.39, 0.29) is 12.0 Å². The molecule has 8 nitrogen and oxygen atoms in total. The Labute approximate surface area is 158 Å². The van der Waals surface area contributed by atoms with E-state index < -0.39 is 6.03 Å². The molecule has 1 atom stereocenters. The molecule has 1 fully saturated rings. The summed E-state index contributed by atoms with van der Waals surface area (Å²) >= 11 is 0. The van der Waals surface area contributed by atoms with Gasteiger partial charge in [-0.25, -0.2) is 4.79 Å². The second-order valence-corrected chi connectivity index (χ2v) is 6.89. The van der Waals surface area contributed by atoms with Gasteiger partial charge >= 0.3 is 6.03 Å². The van der Waals surface area contributed by atoms with E-state index in [1.165, 1.54) is 4.90 Å². The van der Waals surface area contributed by atoms with Gasteiger partial charge in [-0.1, -0.05) is 6.07 Å². The molecule has 0 spiro atoms. The molecule has 1 aromatic carbocycles. The van der Waals surface area contributed by atoms with E-state index >= 15 is 0 Å². The molecular formula is C19H25N5O3. The van der Waals surface area contributed by atoms with Crippen molar-refractivity contribution in [2.45, 2.75) is 32.4 Å². The highest BCUT2D eigenvalue weighted by molar-refractivity contribution is 6.01. The number of aryl methyl sites for hydroxylation is 1. The summed E-state index contributed by atoms with van der Waals surface area (Å²) in [6.07, 6.45) is 5.67. The molecule has 0 bridgehead atoms. The van der Waals surface area contributed by atoms with Gasteiger partial charge in [0.2, 0.25) is 0 Å². The second kappa shape index (κ2) is 8.22. The highest BCUT2D eigenvalue weighted by Gasteiger charge is 2.17. The smallest absolute Gasteiger partial charge is 0.323 e. The van der Waals surface area contributed by atoms with Crippen LogP contribution in [0.4, 0.5) is 16.2 Å². The molecule has 0 aliphatic carbocycles. The summed E-state index contributed by atoms with van der Waals surface area (Å²) in [5.41, 5.74) is 2.56. The largest absolute Gasteiger partial charge is 0.376 e. The summed E-state index contributed by atoms with van der Waals surface area (Å²) in [5, 5.41) is 9.76. The molecule has 3 amide bonds. The zero-order valence-corrected chi connectivity index (χ0v) is 15.9. The van der Waals surface area contributed by atoms with Crippen LogP contribution < -0.4 is 10.6 Å². The van der Waals surface area contributed by atoms with Crippen molar-refractivity contribution in [3.05, 3.63) is 41.7 Å². The maximum atomic E-state index is 12.3. The van der Waals surface area contributed by atoms with Crippen molar-refractivity contribution in [3.63, 3.8) is 0 Å². The zero-order valence-electron chi connectivity index (χ0n) is 15.9. The highest BCUT2D eigenvalue weighted by atomic mass is 16.5. The monoisotopic (exact) mass is 371 g/mol. The van der Waals surface area contributed by atoms with Crippen LogP contribution in [0.15, 0.2) is 30.6 Å². The topological polar surface area (TPSA) is 88.5 Å². The Morgan fingerprint density at radius 3 is 2.78 bits per heavy atom. The van der Waals surface area contributed by atoms with Gasteiger partial charge in [-0.2, -0.15) is 5.10 Å². The number of nitrogens with zero attached hydrogens (tertiary/aromatic N) is 3. The number of urea groups is 1. The fourth-order valence-corrected chi connectivity index (χ4v) is 2.99. The standard InChI is InChI=1S/C19H25N5O3/c1-13-6-7-14(9-17(13)18(25)23(2)3)21-19(26)22-15-10-20-24(11-15)12-16-5-4-8-27-16/h6-7,9-11,16H,4-5,8,12H2,1-3H3,(H2,21,22,26). The predicted octanol–water partition coefficient (Wildman–Crippen LogP) is 2.72. The quantitative estimate of drug-likeness (QED) is 0.846. The first-order chi connectivity index (χ1) is 12.9. The van der Waals surface area contributed by atoms with Gasteiger partial charge in [0.15, 0.2) is 0 Å². The number of aromatic nitrogens is 2. The van der Waals surface area contributed by atoms with Gasteiger partial charge in [-0.05, 0) is 37.5 Å². The van der Waals surface area contributed by atoms with Crippen LogP contribution in [0.2, 0.25) is 0 Å². The minimum atomic E-state index is -0.390. The molecule has 0 saturated carbocycles. The van der Waals surface area contributed by atoms with Crippen LogP contribution >= 0.6 is 0 Å². The Morgan fingerprint density at radius 2 is 2.07 bits per heavy atom. The lowest BCUT2D eigenvalue weighted by atomic mass is 10.1. The molecule has 1 unspecified atom stereocenters. The van der Waals surface area contributed by atoms with E-state index in [1.807, 2.05) is 13.0 Å². The molecule has 1 aliphatic heterocycles. The molecular weight excluding hydrogens is 346 g/mol. The van der Waals surface area contributed by atoms with E-state index in [2.05, 4.69) is 15.7 Å². The molecule has 2 aromatic rings. The normalized spacial score (nSPS) is 16.2. The number of benzene rings is 1. The fraction of sp³-hybridized carbons (Fsp3) is 0.421. The first kappa shape index (κ1) is 18.9. The molecule has 27 heavy (non-hydrogen) atoms. The van der Waals surface area contributed by atoms with Gasteiger partial charge in [-0.3, -0.25) is 9.48 Å². The number of carbonyl (C=O) groups is 2. The van der Waals surface area contributed by atoms with Crippen molar-refractivity contribution < 1.29 is 14.3 Å². The molecule has 3 rings (SSSR count). The Bertz CT molecular complexity index is 825. The van der Waals surface area contributed by atoms with Gasteiger partial charge in [0.25, 0.3) is 5.91 Å². The summed E-state index contributed by atoms with van der Waals surface area (Å²) in [4.78, 5) is 26.0. The number of rotatable bonds is 5. The van der Waals surface area contributed by atoms with Gasteiger partial charge in [-0.15, -0.1) is 0 Å². The van der Waals surface area contributed by atoms with Crippen molar-refractivity contribution in [1.82, 2.24) is 14.7 Å². The number of amides is 3. The minimum absolute atomic E-state index is 0.105. The third-order valence-corrected chi connectivity index (χ3v) is 4.44. The highest BCUT2D eigenvalue weighted by Crippen LogP contribution is 2.18. The van der Waals surface area contributed by atoms with E-state index in [9.17, 15) is 9.59 Å².